The molecule has 0 heterocycles. The maximum absolute atomic E-state index is 11.2. The van der Waals surface area contributed by atoms with Gasteiger partial charge in [-0.3, -0.25) is 9.59 Å². The van der Waals surface area contributed by atoms with E-state index in [1.807, 2.05) is 6.92 Å². The van der Waals surface area contributed by atoms with Crippen LogP contribution < -0.4 is 11.1 Å². The maximum atomic E-state index is 11.2. The van der Waals surface area contributed by atoms with Gasteiger partial charge in [-0.25, -0.2) is 0 Å². The first-order valence-corrected chi connectivity index (χ1v) is 4.35. The lowest BCUT2D eigenvalue weighted by molar-refractivity contribution is -0.118. The van der Waals surface area contributed by atoms with E-state index in [0.29, 0.717) is 12.0 Å². The molecule has 0 bridgehead atoms. The summed E-state index contributed by atoms with van der Waals surface area (Å²) in [5, 5.41) is 2.61. The van der Waals surface area contributed by atoms with Gasteiger partial charge < -0.3 is 11.1 Å². The van der Waals surface area contributed by atoms with E-state index in [2.05, 4.69) is 18.5 Å². The maximum Gasteiger partial charge on any atom is 0.246 e. The molecule has 0 aliphatic heterocycles. The van der Waals surface area contributed by atoms with E-state index >= 15 is 0 Å². The van der Waals surface area contributed by atoms with Crippen molar-refractivity contribution in [2.24, 2.45) is 5.73 Å². The highest BCUT2D eigenvalue weighted by molar-refractivity contribution is 5.96. The average molecular weight is 196 g/mol. The van der Waals surface area contributed by atoms with Crippen LogP contribution in [-0.4, -0.2) is 17.9 Å². The van der Waals surface area contributed by atoms with Gasteiger partial charge in [-0.2, -0.15) is 0 Å². The van der Waals surface area contributed by atoms with Gasteiger partial charge >= 0.3 is 0 Å². The van der Waals surface area contributed by atoms with Crippen molar-refractivity contribution in [1.29, 1.82) is 0 Å². The third-order valence-corrected chi connectivity index (χ3v) is 1.84. The Morgan fingerprint density at radius 3 is 2.21 bits per heavy atom. The van der Waals surface area contributed by atoms with Crippen molar-refractivity contribution in [3.63, 3.8) is 0 Å². The first-order chi connectivity index (χ1) is 6.40. The van der Waals surface area contributed by atoms with E-state index in [9.17, 15) is 9.59 Å². The fourth-order valence-electron chi connectivity index (χ4n) is 0.889. The van der Waals surface area contributed by atoms with Crippen molar-refractivity contribution in [2.45, 2.75) is 26.3 Å². The number of hydrogen-bond donors (Lipinski definition) is 2. The summed E-state index contributed by atoms with van der Waals surface area (Å²) in [7, 11) is 0. The molecule has 0 aliphatic carbocycles. The van der Waals surface area contributed by atoms with Crippen LogP contribution in [0.2, 0.25) is 0 Å². The Balaban J connectivity index is 4.45. The van der Waals surface area contributed by atoms with Crippen molar-refractivity contribution in [2.75, 3.05) is 0 Å². The van der Waals surface area contributed by atoms with E-state index in [4.69, 9.17) is 5.73 Å². The Kier molecular flexibility index (Phi) is 4.63. The van der Waals surface area contributed by atoms with Gasteiger partial charge in [0, 0.05) is 11.1 Å². The van der Waals surface area contributed by atoms with Crippen LogP contribution in [0, 0.1) is 0 Å². The van der Waals surface area contributed by atoms with Crippen LogP contribution in [-0.2, 0) is 9.59 Å². The summed E-state index contributed by atoms with van der Waals surface area (Å²) in [6.45, 7) is 10.4. The van der Waals surface area contributed by atoms with E-state index in [1.165, 1.54) is 0 Å². The molecular formula is C10H16N2O2. The lowest BCUT2D eigenvalue weighted by atomic mass is 10.1. The minimum atomic E-state index is -0.598. The standard InChI is InChI=1S/C10H16N2O2/c1-5-8(7(4)9(11)13)12-10(14)6(2)3/h8H,2,4-5H2,1,3H3,(H2,11,13)(H,12,14). The molecule has 0 aromatic heterocycles. The van der Waals surface area contributed by atoms with Crippen LogP contribution in [0.25, 0.3) is 0 Å². The second-order valence-electron chi connectivity index (χ2n) is 3.10. The Morgan fingerprint density at radius 1 is 1.43 bits per heavy atom. The average Bonchev–Trinajstić information content (AvgIpc) is 2.12. The largest absolute Gasteiger partial charge is 0.366 e. The summed E-state index contributed by atoms with van der Waals surface area (Å²) in [5.74, 6) is -0.891. The molecule has 4 nitrogen and oxygen atoms in total. The lowest BCUT2D eigenvalue weighted by Gasteiger charge is -2.17. The summed E-state index contributed by atoms with van der Waals surface area (Å²) >= 11 is 0. The van der Waals surface area contributed by atoms with E-state index < -0.39 is 11.9 Å². The minimum Gasteiger partial charge on any atom is -0.366 e. The lowest BCUT2D eigenvalue weighted by Crippen LogP contribution is -2.39. The number of amides is 2. The Hall–Kier alpha value is -1.58. The molecule has 0 aliphatic rings. The van der Waals surface area contributed by atoms with Crippen molar-refractivity contribution < 1.29 is 9.59 Å². The zero-order valence-corrected chi connectivity index (χ0v) is 8.59. The van der Waals surface area contributed by atoms with Crippen molar-refractivity contribution in [3.05, 3.63) is 24.3 Å². The molecule has 4 heteroatoms. The van der Waals surface area contributed by atoms with E-state index in [-0.39, 0.29) is 11.5 Å². The van der Waals surface area contributed by atoms with Gasteiger partial charge in [0.15, 0.2) is 0 Å². The zero-order valence-electron chi connectivity index (χ0n) is 8.59. The van der Waals surface area contributed by atoms with Crippen LogP contribution in [0.1, 0.15) is 20.3 Å². The topological polar surface area (TPSA) is 72.2 Å². The monoisotopic (exact) mass is 196 g/mol. The number of rotatable bonds is 5. The summed E-state index contributed by atoms with van der Waals surface area (Å²) < 4.78 is 0. The second kappa shape index (κ2) is 5.21. The third-order valence-electron chi connectivity index (χ3n) is 1.84. The van der Waals surface area contributed by atoms with Gasteiger partial charge in [0.05, 0.1) is 6.04 Å². The highest BCUT2D eigenvalue weighted by Crippen LogP contribution is 2.04. The van der Waals surface area contributed by atoms with Gasteiger partial charge in [-0.15, -0.1) is 0 Å². The normalized spacial score (nSPS) is 11.6. The number of nitrogens with two attached hydrogens (primary N) is 1. The Labute approximate surface area is 83.9 Å². The van der Waals surface area contributed by atoms with Crippen molar-refractivity contribution in [3.8, 4) is 0 Å². The molecular weight excluding hydrogens is 180 g/mol. The molecule has 1 unspecified atom stereocenters. The number of carbonyl (C=O) groups is 2. The Bertz CT molecular complexity index is 282. The molecule has 0 radical (unpaired) electrons. The van der Waals surface area contributed by atoms with Gasteiger partial charge in [-0.1, -0.05) is 20.1 Å². The first-order valence-electron chi connectivity index (χ1n) is 4.35. The molecule has 0 aromatic carbocycles. The highest BCUT2D eigenvalue weighted by Gasteiger charge is 2.17. The molecule has 0 spiro atoms. The summed E-state index contributed by atoms with van der Waals surface area (Å²) in [4.78, 5) is 22.0. The fraction of sp³-hybridized carbons (Fsp3) is 0.400. The predicted octanol–water partition coefficient (Wildman–Crippen LogP) is 0.499. The molecule has 1 atom stereocenters. The molecule has 78 valence electrons. The summed E-state index contributed by atoms with van der Waals surface area (Å²) in [6.07, 6.45) is 0.570. The van der Waals surface area contributed by atoms with Gasteiger partial charge in [-0.05, 0) is 13.3 Å². The molecule has 0 aromatic rings. The van der Waals surface area contributed by atoms with Crippen LogP contribution in [0.5, 0.6) is 0 Å². The molecule has 0 saturated carbocycles. The molecule has 0 saturated heterocycles. The number of hydrogen-bond acceptors (Lipinski definition) is 2. The SMILES string of the molecule is C=C(C)C(=O)NC(CC)C(=C)C(N)=O. The molecule has 2 amide bonds. The number of nitrogens with one attached hydrogen (secondary N) is 1. The molecule has 0 rings (SSSR count). The van der Waals surface area contributed by atoms with Gasteiger partial charge in [0.25, 0.3) is 0 Å². The second-order valence-corrected chi connectivity index (χ2v) is 3.10. The van der Waals surface area contributed by atoms with Crippen LogP contribution in [0.4, 0.5) is 0 Å². The van der Waals surface area contributed by atoms with Crippen LogP contribution >= 0.6 is 0 Å². The molecule has 0 fully saturated rings. The highest BCUT2D eigenvalue weighted by atomic mass is 16.2. The van der Waals surface area contributed by atoms with Gasteiger partial charge in [0.2, 0.25) is 11.8 Å². The van der Waals surface area contributed by atoms with Crippen LogP contribution in [0.15, 0.2) is 24.3 Å². The van der Waals surface area contributed by atoms with E-state index in [0.717, 1.165) is 0 Å². The van der Waals surface area contributed by atoms with Crippen molar-refractivity contribution in [1.82, 2.24) is 5.32 Å². The molecule has 3 N–H and O–H groups in total. The first kappa shape index (κ1) is 12.4. The summed E-state index contributed by atoms with van der Waals surface area (Å²) in [5.41, 5.74) is 5.65. The van der Waals surface area contributed by atoms with Crippen LogP contribution in [0.3, 0.4) is 0 Å². The zero-order chi connectivity index (χ0) is 11.3. The molecule has 14 heavy (non-hydrogen) atoms. The fourth-order valence-corrected chi connectivity index (χ4v) is 0.889. The smallest absolute Gasteiger partial charge is 0.246 e. The van der Waals surface area contributed by atoms with E-state index in [1.54, 1.807) is 6.92 Å². The summed E-state index contributed by atoms with van der Waals surface area (Å²) in [6, 6.07) is -0.406. The third kappa shape index (κ3) is 3.43. The Morgan fingerprint density at radius 2 is 1.93 bits per heavy atom. The number of primary amides is 1. The minimum absolute atomic E-state index is 0.210. The quantitative estimate of drug-likeness (QED) is 0.628. The van der Waals surface area contributed by atoms with Gasteiger partial charge in [0.1, 0.15) is 0 Å². The number of carbonyl (C=O) groups excluding carboxylic acids is 2. The predicted molar refractivity (Wildman–Crippen MR) is 55.4 cm³/mol. The van der Waals surface area contributed by atoms with Crippen molar-refractivity contribution >= 4 is 11.8 Å².